The van der Waals surface area contributed by atoms with Gasteiger partial charge in [-0.3, -0.25) is 24.1 Å². The molecule has 0 spiro atoms. The fourth-order valence-corrected chi connectivity index (χ4v) is 13.3. The molecular formula is C59H69ClN8O6S. The Balaban J connectivity index is 0.737. The molecule has 0 bridgehead atoms. The molecule has 3 N–H and O–H groups in total. The van der Waals surface area contributed by atoms with E-state index in [-0.39, 0.29) is 71.5 Å². The number of rotatable bonds is 16. The van der Waals surface area contributed by atoms with Crippen LogP contribution in [0.25, 0.3) is 10.4 Å². The largest absolute Gasteiger partial charge is 0.489 e. The highest BCUT2D eigenvalue weighted by Gasteiger charge is 2.64. The van der Waals surface area contributed by atoms with Crippen LogP contribution in [0.1, 0.15) is 116 Å². The number of anilines is 1. The molecule has 0 unspecified atom stereocenters. The van der Waals surface area contributed by atoms with Crippen molar-refractivity contribution in [1.82, 2.24) is 30.3 Å². The number of nitrogens with one attached hydrogen (secondary N) is 2. The SMILES string of the molecule is Cc1ncsc1-c1ccc([C@H](C)NC(=O)[C@@H]2C[C@@H](O)CN2C(=O)[C@H](C(C)C)N2Cc3ccc(N4CCN(CCCc5ccc(C(=O)N[C@H]6C(C)(C)[C@H](Oc7ccc(C#N)c(Cl)c7)C6(C)C)cc5)CC4)cc3C2=O)cc1. The third-order valence-corrected chi connectivity index (χ3v) is 17.4. The number of piperazine rings is 1. The Bertz CT molecular complexity index is 2960. The number of β-amino-alcohol motifs (C(OH)–C–C–N with tert-alkyl or cyclic N) is 1. The van der Waals surface area contributed by atoms with Gasteiger partial charge in [-0.15, -0.1) is 11.3 Å². The first-order chi connectivity index (χ1) is 35.7. The van der Waals surface area contributed by atoms with Crippen LogP contribution in [0.2, 0.25) is 5.02 Å². The molecule has 1 aromatic heterocycles. The number of amides is 4. The number of carbonyl (C=O) groups excluding carboxylic acids is 4. The van der Waals surface area contributed by atoms with Crippen LogP contribution in [-0.2, 0) is 22.6 Å². The standard InChI is InChI=1S/C59H69ClN8O6S/c1-35(2)50(55(73)67-33-45(69)29-49(67)53(71)63-36(3)39-15-17-40(18-16-39)51-37(4)62-34-75-51)68-32-43-19-21-44(28-47(43)54(68)72)66-26-24-65(25-27-66)23-9-10-38-11-13-41(14-12-38)52(70)64-56-58(5,6)57(59(56,7)8)74-46-22-20-42(31-61)48(60)30-46/h11-22,28,30,34-36,45,49-50,56-57,69H,9-10,23-27,29,32-33H2,1-8H3,(H,63,71)(H,64,70)/t36-,45+,49-,50-,56-,57-/m0/s1. The van der Waals surface area contributed by atoms with Crippen molar-refractivity contribution in [3.05, 3.63) is 135 Å². The lowest BCUT2D eigenvalue weighted by Gasteiger charge is -2.63. The quantitative estimate of drug-likeness (QED) is 0.0868. The number of halogens is 1. The van der Waals surface area contributed by atoms with Crippen LogP contribution in [0.4, 0.5) is 5.69 Å². The summed E-state index contributed by atoms with van der Waals surface area (Å²) < 4.78 is 6.40. The third-order valence-electron chi connectivity index (χ3n) is 16.1. The second-order valence-electron chi connectivity index (χ2n) is 22.4. The summed E-state index contributed by atoms with van der Waals surface area (Å²) in [5.41, 5.74) is 8.69. The Morgan fingerprint density at radius 2 is 1.65 bits per heavy atom. The maximum absolute atomic E-state index is 14.5. The third kappa shape index (κ3) is 10.9. The van der Waals surface area contributed by atoms with Crippen molar-refractivity contribution in [2.75, 3.05) is 44.2 Å². The van der Waals surface area contributed by atoms with E-state index in [9.17, 15) is 29.5 Å². The van der Waals surface area contributed by atoms with Gasteiger partial charge in [0.25, 0.3) is 11.8 Å². The van der Waals surface area contributed by atoms with Crippen LogP contribution in [-0.4, -0.2) is 118 Å². The van der Waals surface area contributed by atoms with Crippen molar-refractivity contribution in [3.63, 3.8) is 0 Å². The van der Waals surface area contributed by atoms with Crippen molar-refractivity contribution in [1.29, 1.82) is 5.26 Å². The molecule has 2 saturated heterocycles. The van der Waals surface area contributed by atoms with Gasteiger partial charge in [0.05, 0.1) is 38.8 Å². The molecule has 1 aliphatic carbocycles. The Hall–Kier alpha value is -6.31. The molecule has 4 aliphatic rings. The van der Waals surface area contributed by atoms with E-state index in [0.29, 0.717) is 34.0 Å². The van der Waals surface area contributed by atoms with Gasteiger partial charge in [-0.2, -0.15) is 5.26 Å². The summed E-state index contributed by atoms with van der Waals surface area (Å²) in [4.78, 5) is 69.6. The lowest BCUT2D eigenvalue weighted by Crippen LogP contribution is -2.74. The summed E-state index contributed by atoms with van der Waals surface area (Å²) >= 11 is 7.86. The number of fused-ring (bicyclic) bond motifs is 1. The Kier molecular flexibility index (Phi) is 15.5. The first-order valence-electron chi connectivity index (χ1n) is 26.2. The zero-order chi connectivity index (χ0) is 53.5. The number of nitriles is 1. The number of carbonyl (C=O) groups is 4. The highest BCUT2D eigenvalue weighted by molar-refractivity contribution is 7.13. The zero-order valence-electron chi connectivity index (χ0n) is 44.2. The minimum atomic E-state index is -0.868. The fraction of sp³-hybridized carbons (Fsp3) is 0.458. The van der Waals surface area contributed by atoms with Crippen molar-refractivity contribution in [2.45, 2.75) is 118 Å². The van der Waals surface area contributed by atoms with Crippen LogP contribution >= 0.6 is 22.9 Å². The first kappa shape index (κ1) is 53.5. The molecule has 3 aliphatic heterocycles. The van der Waals surface area contributed by atoms with Gasteiger partial charge in [0.2, 0.25) is 11.8 Å². The Morgan fingerprint density at radius 3 is 2.29 bits per heavy atom. The Morgan fingerprint density at radius 1 is 0.947 bits per heavy atom. The molecule has 9 rings (SSSR count). The fourth-order valence-electron chi connectivity index (χ4n) is 12.3. The van der Waals surface area contributed by atoms with Gasteiger partial charge < -0.3 is 35.2 Å². The number of aliphatic hydroxyl groups excluding tert-OH is 1. The molecule has 4 aromatic carbocycles. The molecule has 14 nitrogen and oxygen atoms in total. The summed E-state index contributed by atoms with van der Waals surface area (Å²) in [6.07, 6.45) is 0.945. The number of aryl methyl sites for hydroxylation is 2. The van der Waals surface area contributed by atoms with Crippen LogP contribution in [0, 0.1) is 35.0 Å². The van der Waals surface area contributed by atoms with Crippen LogP contribution in [0.15, 0.2) is 90.4 Å². The highest BCUT2D eigenvalue weighted by Crippen LogP contribution is 2.55. The number of aromatic nitrogens is 1. The number of hydrogen-bond donors (Lipinski definition) is 3. The average Bonchev–Trinajstić information content (AvgIpc) is 4.12. The smallest absolute Gasteiger partial charge is 0.255 e. The predicted octanol–water partition coefficient (Wildman–Crippen LogP) is 8.83. The Labute approximate surface area is 450 Å². The molecule has 75 heavy (non-hydrogen) atoms. The van der Waals surface area contributed by atoms with Gasteiger partial charge in [-0.1, -0.05) is 95.6 Å². The molecule has 0 radical (unpaired) electrons. The van der Waals surface area contributed by atoms with Gasteiger partial charge in [0.15, 0.2) is 0 Å². The van der Waals surface area contributed by atoms with Crippen molar-refractivity contribution in [2.24, 2.45) is 16.7 Å². The molecule has 1 saturated carbocycles. The van der Waals surface area contributed by atoms with E-state index in [4.69, 9.17) is 16.3 Å². The van der Waals surface area contributed by atoms with E-state index in [0.717, 1.165) is 78.5 Å². The lowest BCUT2D eigenvalue weighted by atomic mass is 9.49. The van der Waals surface area contributed by atoms with E-state index in [2.05, 4.69) is 65.2 Å². The zero-order valence-corrected chi connectivity index (χ0v) is 45.8. The average molecular weight is 1050 g/mol. The molecule has 4 heterocycles. The number of aliphatic hydroxyl groups is 1. The first-order valence-corrected chi connectivity index (χ1v) is 27.5. The number of likely N-dealkylation sites (tertiary alicyclic amines) is 1. The van der Waals surface area contributed by atoms with Gasteiger partial charge in [0.1, 0.15) is 30.0 Å². The normalized spacial score (nSPS) is 21.8. The minimum absolute atomic E-state index is 0.0219. The monoisotopic (exact) mass is 1050 g/mol. The van der Waals surface area contributed by atoms with E-state index in [1.807, 2.05) is 93.9 Å². The lowest BCUT2D eigenvalue weighted by molar-refractivity contribution is -0.164. The summed E-state index contributed by atoms with van der Waals surface area (Å²) in [7, 11) is 0. The summed E-state index contributed by atoms with van der Waals surface area (Å²) in [5.74, 6) is -0.627. The van der Waals surface area contributed by atoms with Gasteiger partial charge in [-0.25, -0.2) is 4.98 Å². The van der Waals surface area contributed by atoms with Crippen molar-refractivity contribution >= 4 is 52.3 Å². The van der Waals surface area contributed by atoms with E-state index < -0.39 is 18.2 Å². The van der Waals surface area contributed by atoms with Gasteiger partial charge >= 0.3 is 0 Å². The van der Waals surface area contributed by atoms with Crippen LogP contribution in [0.3, 0.4) is 0 Å². The van der Waals surface area contributed by atoms with Gasteiger partial charge in [-0.05, 0) is 97.8 Å². The van der Waals surface area contributed by atoms with Crippen LogP contribution < -0.4 is 20.3 Å². The molecule has 4 atom stereocenters. The minimum Gasteiger partial charge on any atom is -0.489 e. The maximum atomic E-state index is 14.5. The number of ether oxygens (including phenoxy) is 1. The number of thiazole rings is 1. The molecule has 16 heteroatoms. The summed E-state index contributed by atoms with van der Waals surface area (Å²) in [6.45, 7) is 20.8. The number of nitrogens with zero attached hydrogens (tertiary/aromatic N) is 6. The number of benzene rings is 4. The van der Waals surface area contributed by atoms with E-state index in [1.54, 1.807) is 34.4 Å². The molecule has 5 aromatic rings. The van der Waals surface area contributed by atoms with Crippen LogP contribution in [0.5, 0.6) is 5.75 Å². The maximum Gasteiger partial charge on any atom is 0.255 e. The predicted molar refractivity (Wildman–Crippen MR) is 293 cm³/mol. The molecule has 394 valence electrons. The summed E-state index contributed by atoms with van der Waals surface area (Å²) in [5, 5.41) is 26.8. The number of hydrogen-bond acceptors (Lipinski definition) is 11. The molecule has 4 amide bonds. The second-order valence-corrected chi connectivity index (χ2v) is 23.7. The highest BCUT2D eigenvalue weighted by atomic mass is 35.5. The second kappa shape index (κ2) is 21.7. The topological polar surface area (TPSA) is 171 Å². The van der Waals surface area contributed by atoms with E-state index >= 15 is 0 Å². The van der Waals surface area contributed by atoms with Crippen molar-refractivity contribution in [3.8, 4) is 22.3 Å². The van der Waals surface area contributed by atoms with Crippen molar-refractivity contribution < 1.29 is 29.0 Å². The summed E-state index contributed by atoms with van der Waals surface area (Å²) in [6, 6.07) is 27.0. The van der Waals surface area contributed by atoms with E-state index in [1.165, 1.54) is 10.5 Å². The van der Waals surface area contributed by atoms with Gasteiger partial charge in [0, 0.05) is 85.4 Å². The molecular weight excluding hydrogens is 984 g/mol. The molecule has 3 fully saturated rings.